The zero-order valence-electron chi connectivity index (χ0n) is 11.1. The first-order valence-electron chi connectivity index (χ1n) is 6.76. The van der Waals surface area contributed by atoms with E-state index < -0.39 is 23.9 Å². The van der Waals surface area contributed by atoms with Gasteiger partial charge in [0.1, 0.15) is 0 Å². The van der Waals surface area contributed by atoms with Crippen LogP contribution >= 0.6 is 15.9 Å². The van der Waals surface area contributed by atoms with Crippen LogP contribution in [0.1, 0.15) is 39.0 Å². The van der Waals surface area contributed by atoms with E-state index in [1.165, 1.54) is 0 Å². The SMILES string of the molecule is CC(CCBr)CNC(=O)C1CCCCC1C(F)(F)F. The molecule has 1 rings (SSSR count). The van der Waals surface area contributed by atoms with Crippen LogP contribution in [0, 0.1) is 17.8 Å². The van der Waals surface area contributed by atoms with E-state index in [0.29, 0.717) is 25.8 Å². The summed E-state index contributed by atoms with van der Waals surface area (Å²) < 4.78 is 38.7. The second-order valence-electron chi connectivity index (χ2n) is 5.37. The number of carbonyl (C=O) groups is 1. The summed E-state index contributed by atoms with van der Waals surface area (Å²) in [6.07, 6.45) is -1.66. The molecule has 1 saturated carbocycles. The van der Waals surface area contributed by atoms with Crippen molar-refractivity contribution in [2.24, 2.45) is 17.8 Å². The molecule has 0 aliphatic heterocycles. The monoisotopic (exact) mass is 343 g/mol. The molecular weight excluding hydrogens is 323 g/mol. The van der Waals surface area contributed by atoms with Gasteiger partial charge in [0.15, 0.2) is 0 Å². The highest BCUT2D eigenvalue weighted by Gasteiger charge is 2.47. The number of amides is 1. The number of hydrogen-bond donors (Lipinski definition) is 1. The van der Waals surface area contributed by atoms with Crippen LogP contribution in [0.15, 0.2) is 0 Å². The fraction of sp³-hybridized carbons (Fsp3) is 0.923. The molecule has 1 aliphatic rings. The summed E-state index contributed by atoms with van der Waals surface area (Å²) in [5.41, 5.74) is 0. The molecule has 6 heteroatoms. The maximum Gasteiger partial charge on any atom is 0.392 e. The van der Waals surface area contributed by atoms with Gasteiger partial charge in [0, 0.05) is 17.8 Å². The van der Waals surface area contributed by atoms with E-state index in [2.05, 4.69) is 21.2 Å². The molecule has 1 amide bonds. The largest absolute Gasteiger partial charge is 0.392 e. The lowest BCUT2D eigenvalue weighted by molar-refractivity contribution is -0.198. The number of nitrogens with one attached hydrogen (secondary N) is 1. The maximum atomic E-state index is 12.9. The molecule has 0 heterocycles. The van der Waals surface area contributed by atoms with Crippen LogP contribution < -0.4 is 5.32 Å². The molecule has 1 aliphatic carbocycles. The number of hydrogen-bond acceptors (Lipinski definition) is 1. The minimum Gasteiger partial charge on any atom is -0.356 e. The molecule has 0 aromatic rings. The predicted molar refractivity (Wildman–Crippen MR) is 72.1 cm³/mol. The first-order valence-corrected chi connectivity index (χ1v) is 7.88. The molecule has 3 unspecified atom stereocenters. The third-order valence-corrected chi connectivity index (χ3v) is 4.21. The summed E-state index contributed by atoms with van der Waals surface area (Å²) in [6.45, 7) is 2.43. The van der Waals surface area contributed by atoms with Crippen LogP contribution in [0.2, 0.25) is 0 Å². The Labute approximate surface area is 120 Å². The van der Waals surface area contributed by atoms with Gasteiger partial charge in [-0.2, -0.15) is 13.2 Å². The molecule has 3 atom stereocenters. The predicted octanol–water partition coefficient (Wildman–Crippen LogP) is 3.89. The molecule has 0 aromatic heterocycles. The van der Waals surface area contributed by atoms with Crippen molar-refractivity contribution in [3.05, 3.63) is 0 Å². The van der Waals surface area contributed by atoms with Crippen molar-refractivity contribution >= 4 is 21.8 Å². The highest BCUT2D eigenvalue weighted by Crippen LogP contribution is 2.41. The van der Waals surface area contributed by atoms with Gasteiger partial charge in [0.2, 0.25) is 5.91 Å². The van der Waals surface area contributed by atoms with Crippen molar-refractivity contribution in [2.45, 2.75) is 45.2 Å². The molecule has 0 spiro atoms. The first-order chi connectivity index (χ1) is 8.86. The lowest BCUT2D eigenvalue weighted by Gasteiger charge is -2.32. The Balaban J connectivity index is 2.53. The quantitative estimate of drug-likeness (QED) is 0.754. The first kappa shape index (κ1) is 16.8. The molecule has 0 radical (unpaired) electrons. The molecule has 0 saturated heterocycles. The van der Waals surface area contributed by atoms with Crippen LogP contribution in [0.5, 0.6) is 0 Å². The smallest absolute Gasteiger partial charge is 0.356 e. The zero-order chi connectivity index (χ0) is 14.5. The molecule has 2 nitrogen and oxygen atoms in total. The Kier molecular flexibility index (Phi) is 6.63. The van der Waals surface area contributed by atoms with E-state index >= 15 is 0 Å². The minimum absolute atomic E-state index is 0.0819. The van der Waals surface area contributed by atoms with Crippen molar-refractivity contribution in [3.63, 3.8) is 0 Å². The van der Waals surface area contributed by atoms with Gasteiger partial charge >= 0.3 is 6.18 Å². The van der Waals surface area contributed by atoms with Crippen LogP contribution in [0.3, 0.4) is 0 Å². The van der Waals surface area contributed by atoms with E-state index in [1.807, 2.05) is 6.92 Å². The van der Waals surface area contributed by atoms with Crippen LogP contribution in [0.25, 0.3) is 0 Å². The summed E-state index contributed by atoms with van der Waals surface area (Å²) in [5, 5.41) is 3.51. The van der Waals surface area contributed by atoms with Gasteiger partial charge < -0.3 is 5.32 Å². The highest BCUT2D eigenvalue weighted by atomic mass is 79.9. The molecule has 19 heavy (non-hydrogen) atoms. The Morgan fingerprint density at radius 2 is 2.00 bits per heavy atom. The third-order valence-electron chi connectivity index (χ3n) is 3.75. The number of halogens is 4. The molecule has 1 fully saturated rings. The Bertz CT molecular complexity index is 296. The lowest BCUT2D eigenvalue weighted by Crippen LogP contribution is -2.43. The second kappa shape index (κ2) is 7.50. The number of carbonyl (C=O) groups excluding carboxylic acids is 1. The summed E-state index contributed by atoms with van der Waals surface area (Å²) in [7, 11) is 0. The second-order valence-corrected chi connectivity index (χ2v) is 6.16. The van der Waals surface area contributed by atoms with Gasteiger partial charge in [-0.1, -0.05) is 35.7 Å². The summed E-state index contributed by atoms with van der Waals surface area (Å²) in [6, 6.07) is 0. The van der Waals surface area contributed by atoms with E-state index in [9.17, 15) is 18.0 Å². The number of rotatable bonds is 5. The van der Waals surface area contributed by atoms with E-state index in [1.54, 1.807) is 0 Å². The Morgan fingerprint density at radius 3 is 2.58 bits per heavy atom. The van der Waals surface area contributed by atoms with Crippen molar-refractivity contribution in [1.82, 2.24) is 5.32 Å². The van der Waals surface area contributed by atoms with Crippen molar-refractivity contribution in [3.8, 4) is 0 Å². The van der Waals surface area contributed by atoms with Gasteiger partial charge in [-0.15, -0.1) is 0 Å². The van der Waals surface area contributed by atoms with Crippen LogP contribution in [-0.4, -0.2) is 24.0 Å². The van der Waals surface area contributed by atoms with E-state index in [-0.39, 0.29) is 12.3 Å². The standard InChI is InChI=1S/C13H21BrF3NO/c1-9(6-7-14)8-18-12(19)10-4-2-3-5-11(10)13(15,16)17/h9-11H,2-8H2,1H3,(H,18,19). The fourth-order valence-corrected chi connectivity index (χ4v) is 3.31. The summed E-state index contributed by atoms with van der Waals surface area (Å²) in [4.78, 5) is 11.9. The van der Waals surface area contributed by atoms with Gasteiger partial charge in [0.05, 0.1) is 5.92 Å². The summed E-state index contributed by atoms with van der Waals surface area (Å²) >= 11 is 3.31. The number of alkyl halides is 4. The minimum atomic E-state index is -4.26. The van der Waals surface area contributed by atoms with E-state index in [4.69, 9.17) is 0 Å². The third kappa shape index (κ3) is 5.32. The van der Waals surface area contributed by atoms with Crippen LogP contribution in [-0.2, 0) is 4.79 Å². The highest BCUT2D eigenvalue weighted by molar-refractivity contribution is 9.09. The van der Waals surface area contributed by atoms with Crippen LogP contribution in [0.4, 0.5) is 13.2 Å². The molecule has 0 bridgehead atoms. The maximum absolute atomic E-state index is 12.9. The fourth-order valence-electron chi connectivity index (χ4n) is 2.53. The topological polar surface area (TPSA) is 29.1 Å². The van der Waals surface area contributed by atoms with Crippen molar-refractivity contribution in [1.29, 1.82) is 0 Å². The van der Waals surface area contributed by atoms with Crippen molar-refractivity contribution < 1.29 is 18.0 Å². The molecule has 1 N–H and O–H groups in total. The average molecular weight is 344 g/mol. The van der Waals surface area contributed by atoms with Gasteiger partial charge in [0.25, 0.3) is 0 Å². The lowest BCUT2D eigenvalue weighted by atomic mass is 9.78. The normalized spacial score (nSPS) is 25.9. The summed E-state index contributed by atoms with van der Waals surface area (Å²) in [5.74, 6) is -2.52. The Hall–Kier alpha value is -0.260. The molecule has 112 valence electrons. The van der Waals surface area contributed by atoms with Gasteiger partial charge in [-0.05, 0) is 25.2 Å². The van der Waals surface area contributed by atoms with E-state index in [0.717, 1.165) is 11.8 Å². The molecule has 0 aromatic carbocycles. The van der Waals surface area contributed by atoms with Crippen molar-refractivity contribution in [2.75, 3.05) is 11.9 Å². The molecular formula is C13H21BrF3NO. The Morgan fingerprint density at radius 1 is 1.37 bits per heavy atom. The van der Waals surface area contributed by atoms with Gasteiger partial charge in [-0.25, -0.2) is 0 Å². The van der Waals surface area contributed by atoms with Gasteiger partial charge in [-0.3, -0.25) is 4.79 Å². The zero-order valence-corrected chi connectivity index (χ0v) is 12.7. The average Bonchev–Trinajstić information content (AvgIpc) is 2.35.